The summed E-state index contributed by atoms with van der Waals surface area (Å²) >= 11 is 0. The highest BCUT2D eigenvalue weighted by atomic mass is 19.4. The molecule has 0 unspecified atom stereocenters. The smallest absolute Gasteiger partial charge is 0.429 e. The van der Waals surface area contributed by atoms with E-state index in [0.29, 0.717) is 17.7 Å². The van der Waals surface area contributed by atoms with Gasteiger partial charge in [-0.15, -0.1) is 0 Å². The zero-order valence-electron chi connectivity index (χ0n) is 15.6. The SMILES string of the molecule is O=C(O)C=Cc1ccc(OC(F)(F)c2ccc(OCCCC(F)(F)F)c(F)c2F)cc1. The van der Waals surface area contributed by atoms with Gasteiger partial charge in [0, 0.05) is 12.5 Å². The van der Waals surface area contributed by atoms with Gasteiger partial charge in [0.1, 0.15) is 11.3 Å². The maximum absolute atomic E-state index is 14.3. The monoisotopic (exact) mass is 452 g/mol. The van der Waals surface area contributed by atoms with Crippen LogP contribution in [0.1, 0.15) is 24.0 Å². The number of carbonyl (C=O) groups is 1. The lowest BCUT2D eigenvalue weighted by Gasteiger charge is -2.20. The largest absolute Gasteiger partial charge is 0.490 e. The van der Waals surface area contributed by atoms with E-state index in [4.69, 9.17) is 9.84 Å². The highest BCUT2D eigenvalue weighted by Crippen LogP contribution is 2.36. The van der Waals surface area contributed by atoms with Crippen LogP contribution in [0.5, 0.6) is 11.5 Å². The minimum Gasteiger partial charge on any atom is -0.490 e. The molecule has 0 atom stereocenters. The van der Waals surface area contributed by atoms with E-state index in [1.807, 2.05) is 0 Å². The number of carboxylic acids is 1. The molecule has 0 spiro atoms. The van der Waals surface area contributed by atoms with Crippen LogP contribution in [0.4, 0.5) is 30.7 Å². The Morgan fingerprint density at radius 3 is 2.19 bits per heavy atom. The Morgan fingerprint density at radius 2 is 1.61 bits per heavy atom. The van der Waals surface area contributed by atoms with Crippen molar-refractivity contribution >= 4 is 12.0 Å². The van der Waals surface area contributed by atoms with Gasteiger partial charge in [0.2, 0.25) is 5.82 Å². The van der Waals surface area contributed by atoms with E-state index in [-0.39, 0.29) is 0 Å². The summed E-state index contributed by atoms with van der Waals surface area (Å²) in [6.45, 7) is -0.592. The van der Waals surface area contributed by atoms with Crippen LogP contribution < -0.4 is 9.47 Å². The van der Waals surface area contributed by atoms with Crippen molar-refractivity contribution < 1.29 is 50.1 Å². The summed E-state index contributed by atoms with van der Waals surface area (Å²) in [5.74, 6) is -6.20. The van der Waals surface area contributed by atoms with Gasteiger partial charge in [0.05, 0.1) is 6.61 Å². The van der Waals surface area contributed by atoms with Gasteiger partial charge in [-0.3, -0.25) is 0 Å². The molecule has 2 rings (SSSR count). The quantitative estimate of drug-likeness (QED) is 0.292. The van der Waals surface area contributed by atoms with E-state index in [0.717, 1.165) is 18.2 Å². The van der Waals surface area contributed by atoms with Crippen molar-refractivity contribution in [2.24, 2.45) is 0 Å². The van der Waals surface area contributed by atoms with Gasteiger partial charge in [-0.1, -0.05) is 12.1 Å². The minimum absolute atomic E-state index is 0.363. The zero-order valence-corrected chi connectivity index (χ0v) is 15.6. The molecule has 31 heavy (non-hydrogen) atoms. The lowest BCUT2D eigenvalue weighted by molar-refractivity contribution is -0.187. The molecule has 2 aromatic rings. The standard InChI is InChI=1S/C20H15F7O4/c21-17-14(7-8-15(18(17)22)30-11-1-10-19(23,24)25)20(26,27)31-13-5-2-12(3-6-13)4-9-16(28)29/h2-9H,1,10-11H2,(H,28,29). The number of ether oxygens (including phenoxy) is 2. The van der Waals surface area contributed by atoms with Crippen molar-refractivity contribution in [1.82, 2.24) is 0 Å². The summed E-state index contributed by atoms with van der Waals surface area (Å²) in [5, 5.41) is 8.54. The molecule has 1 N–H and O–H groups in total. The molecule has 0 heterocycles. The molecule has 0 aliphatic rings. The number of hydrogen-bond donors (Lipinski definition) is 1. The van der Waals surface area contributed by atoms with Gasteiger partial charge in [-0.25, -0.2) is 9.18 Å². The van der Waals surface area contributed by atoms with Crippen LogP contribution in [0, 0.1) is 11.6 Å². The Morgan fingerprint density at radius 1 is 0.968 bits per heavy atom. The molecule has 0 radical (unpaired) electrons. The van der Waals surface area contributed by atoms with Gasteiger partial charge in [-0.05, 0) is 42.3 Å². The lowest BCUT2D eigenvalue weighted by atomic mass is 10.1. The van der Waals surface area contributed by atoms with Crippen molar-refractivity contribution in [2.45, 2.75) is 25.1 Å². The minimum atomic E-state index is -4.44. The maximum Gasteiger partial charge on any atom is 0.429 e. The first-order valence-electron chi connectivity index (χ1n) is 8.65. The molecule has 0 amide bonds. The summed E-state index contributed by atoms with van der Waals surface area (Å²) < 4.78 is 102. The van der Waals surface area contributed by atoms with E-state index < -0.39 is 66.4 Å². The fourth-order valence-electron chi connectivity index (χ4n) is 2.34. The molecule has 0 saturated carbocycles. The van der Waals surface area contributed by atoms with Crippen molar-refractivity contribution in [3.05, 3.63) is 65.2 Å². The van der Waals surface area contributed by atoms with Crippen molar-refractivity contribution in [3.8, 4) is 11.5 Å². The van der Waals surface area contributed by atoms with E-state index in [9.17, 15) is 35.5 Å². The maximum atomic E-state index is 14.3. The molecule has 2 aromatic carbocycles. The number of hydrogen-bond acceptors (Lipinski definition) is 3. The molecule has 0 aromatic heterocycles. The number of rotatable bonds is 9. The van der Waals surface area contributed by atoms with E-state index in [1.165, 1.54) is 18.2 Å². The van der Waals surface area contributed by atoms with E-state index in [2.05, 4.69) is 4.74 Å². The van der Waals surface area contributed by atoms with Gasteiger partial charge in [0.25, 0.3) is 0 Å². The Labute approximate surface area is 171 Å². The predicted octanol–water partition coefficient (Wildman–Crippen LogP) is 5.91. The Balaban J connectivity index is 2.10. The van der Waals surface area contributed by atoms with Crippen LogP contribution >= 0.6 is 0 Å². The van der Waals surface area contributed by atoms with E-state index >= 15 is 0 Å². The topological polar surface area (TPSA) is 55.8 Å². The van der Waals surface area contributed by atoms with Crippen LogP contribution in [0.25, 0.3) is 6.08 Å². The molecule has 0 saturated heterocycles. The molecule has 0 aliphatic carbocycles. The molecule has 168 valence electrons. The Bertz CT molecular complexity index is 938. The van der Waals surface area contributed by atoms with Gasteiger partial charge >= 0.3 is 18.3 Å². The molecule has 4 nitrogen and oxygen atoms in total. The van der Waals surface area contributed by atoms with Gasteiger partial charge < -0.3 is 14.6 Å². The average Bonchev–Trinajstić information content (AvgIpc) is 2.66. The summed E-state index contributed by atoms with van der Waals surface area (Å²) in [6.07, 6.45) is -8.43. The third kappa shape index (κ3) is 7.19. The molecule has 0 aliphatic heterocycles. The summed E-state index contributed by atoms with van der Waals surface area (Å²) in [7, 11) is 0. The van der Waals surface area contributed by atoms with E-state index in [1.54, 1.807) is 0 Å². The third-order valence-corrected chi connectivity index (χ3v) is 3.77. The Kier molecular flexibility index (Phi) is 7.53. The summed E-state index contributed by atoms with van der Waals surface area (Å²) in [4.78, 5) is 10.4. The summed E-state index contributed by atoms with van der Waals surface area (Å²) in [6, 6.07) is 5.84. The normalized spacial score (nSPS) is 12.2. The molecular weight excluding hydrogens is 437 g/mol. The second-order valence-corrected chi connectivity index (χ2v) is 6.17. The number of carboxylic acid groups (broad SMARTS) is 1. The number of halogens is 7. The second kappa shape index (κ2) is 9.71. The van der Waals surface area contributed by atoms with Crippen molar-refractivity contribution in [1.29, 1.82) is 0 Å². The first kappa shape index (κ1) is 24.0. The van der Waals surface area contributed by atoms with Crippen molar-refractivity contribution in [3.63, 3.8) is 0 Å². The molecular formula is C20H15F7O4. The van der Waals surface area contributed by atoms with Crippen LogP contribution in [0.3, 0.4) is 0 Å². The predicted molar refractivity (Wildman–Crippen MR) is 94.8 cm³/mol. The van der Waals surface area contributed by atoms with Crippen molar-refractivity contribution in [2.75, 3.05) is 6.61 Å². The lowest BCUT2D eigenvalue weighted by Crippen LogP contribution is -2.24. The summed E-state index contributed by atoms with van der Waals surface area (Å²) in [5.41, 5.74) is -1.08. The van der Waals surface area contributed by atoms with Crippen LogP contribution in [-0.2, 0) is 10.9 Å². The Hall–Kier alpha value is -3.24. The number of aliphatic carboxylic acids is 1. The highest BCUT2D eigenvalue weighted by Gasteiger charge is 2.39. The van der Waals surface area contributed by atoms with Gasteiger partial charge in [0.15, 0.2) is 11.6 Å². The molecule has 0 bridgehead atoms. The number of benzene rings is 2. The fraction of sp³-hybridized carbons (Fsp3) is 0.250. The van der Waals surface area contributed by atoms with Crippen LogP contribution in [0.2, 0.25) is 0 Å². The zero-order chi connectivity index (χ0) is 23.2. The van der Waals surface area contributed by atoms with Crippen LogP contribution in [0.15, 0.2) is 42.5 Å². The number of alkyl halides is 5. The first-order valence-corrected chi connectivity index (χ1v) is 8.65. The average molecular weight is 452 g/mol. The highest BCUT2D eigenvalue weighted by molar-refractivity contribution is 5.85. The fourth-order valence-corrected chi connectivity index (χ4v) is 2.34. The van der Waals surface area contributed by atoms with Crippen LogP contribution in [-0.4, -0.2) is 23.9 Å². The first-order chi connectivity index (χ1) is 14.4. The third-order valence-electron chi connectivity index (χ3n) is 3.77. The second-order valence-electron chi connectivity index (χ2n) is 6.17. The molecule has 0 fully saturated rings. The van der Waals surface area contributed by atoms with Gasteiger partial charge in [-0.2, -0.15) is 26.3 Å². The molecule has 11 heteroatoms.